The smallest absolute Gasteiger partial charge is 0.125 e. The van der Waals surface area contributed by atoms with Crippen molar-refractivity contribution in [2.24, 2.45) is 17.8 Å². The molecule has 5 rings (SSSR count). The normalized spacial score (nSPS) is 40.4. The molecular weight excluding hydrogens is 284 g/mol. The van der Waals surface area contributed by atoms with Gasteiger partial charge >= 0.3 is 0 Å². The highest BCUT2D eigenvalue weighted by molar-refractivity contribution is 5.47. The maximum atomic E-state index is 6.05. The Morgan fingerprint density at radius 1 is 1.17 bits per heavy atom. The molecule has 124 valence electrons. The minimum Gasteiger partial charge on any atom is -0.490 e. The quantitative estimate of drug-likeness (QED) is 0.761. The molecule has 1 aromatic rings. The van der Waals surface area contributed by atoms with Crippen molar-refractivity contribution in [1.82, 2.24) is 0 Å². The van der Waals surface area contributed by atoms with E-state index in [1.54, 1.807) is 5.56 Å². The zero-order chi connectivity index (χ0) is 15.6. The molecule has 1 saturated heterocycles. The van der Waals surface area contributed by atoms with Gasteiger partial charge in [0.2, 0.25) is 0 Å². The number of rotatable bonds is 4. The zero-order valence-corrected chi connectivity index (χ0v) is 14.4. The lowest BCUT2D eigenvalue weighted by molar-refractivity contribution is 0.225. The summed E-state index contributed by atoms with van der Waals surface area (Å²) in [5.41, 5.74) is 4.76. The molecule has 2 heteroatoms. The molecule has 2 nitrogen and oxygen atoms in total. The van der Waals surface area contributed by atoms with Crippen LogP contribution in [0.1, 0.15) is 55.2 Å². The summed E-state index contributed by atoms with van der Waals surface area (Å²) in [6.45, 7) is 6.02. The van der Waals surface area contributed by atoms with Crippen molar-refractivity contribution in [1.29, 1.82) is 0 Å². The Bertz CT molecular complexity index is 610. The van der Waals surface area contributed by atoms with Gasteiger partial charge in [-0.25, -0.2) is 0 Å². The fourth-order valence-corrected chi connectivity index (χ4v) is 6.34. The van der Waals surface area contributed by atoms with Crippen LogP contribution in [0.4, 0.5) is 0 Å². The molecule has 4 fully saturated rings. The highest BCUT2D eigenvalue weighted by Crippen LogP contribution is 2.66. The van der Waals surface area contributed by atoms with Crippen molar-refractivity contribution in [3.63, 3.8) is 0 Å². The number of aryl methyl sites for hydroxylation is 2. The van der Waals surface area contributed by atoms with Gasteiger partial charge in [0.15, 0.2) is 0 Å². The highest BCUT2D eigenvalue weighted by Gasteiger charge is 2.59. The summed E-state index contributed by atoms with van der Waals surface area (Å²) >= 11 is 0. The van der Waals surface area contributed by atoms with Gasteiger partial charge in [-0.15, -0.1) is 0 Å². The summed E-state index contributed by atoms with van der Waals surface area (Å²) in [6, 6.07) is 4.92. The van der Waals surface area contributed by atoms with Crippen LogP contribution in [-0.4, -0.2) is 19.3 Å². The molecule has 0 aromatic heterocycles. The van der Waals surface area contributed by atoms with Crippen molar-refractivity contribution in [3.05, 3.63) is 28.8 Å². The number of hydrogen-bond acceptors (Lipinski definition) is 2. The van der Waals surface area contributed by atoms with Crippen LogP contribution in [-0.2, 0) is 10.2 Å². The Labute approximate surface area is 139 Å². The minimum absolute atomic E-state index is 0.330. The van der Waals surface area contributed by atoms with Crippen molar-refractivity contribution >= 4 is 0 Å². The lowest BCUT2D eigenvalue weighted by Crippen LogP contribution is -2.32. The number of benzene rings is 1. The van der Waals surface area contributed by atoms with E-state index in [0.29, 0.717) is 18.1 Å². The molecule has 23 heavy (non-hydrogen) atoms. The van der Waals surface area contributed by atoms with Crippen molar-refractivity contribution < 1.29 is 9.47 Å². The molecule has 1 aromatic carbocycles. The molecule has 0 spiro atoms. The Balaban J connectivity index is 1.48. The third kappa shape index (κ3) is 2.10. The van der Waals surface area contributed by atoms with E-state index in [9.17, 15) is 0 Å². The molecule has 3 aliphatic carbocycles. The van der Waals surface area contributed by atoms with Gasteiger partial charge in [0.25, 0.3) is 0 Å². The van der Waals surface area contributed by atoms with E-state index < -0.39 is 0 Å². The molecule has 0 radical (unpaired) electrons. The van der Waals surface area contributed by atoms with Gasteiger partial charge in [0, 0.05) is 0 Å². The lowest BCUT2D eigenvalue weighted by atomic mass is 9.67. The van der Waals surface area contributed by atoms with Gasteiger partial charge in [-0.2, -0.15) is 0 Å². The Kier molecular flexibility index (Phi) is 3.11. The molecule has 0 amide bonds. The summed E-state index contributed by atoms with van der Waals surface area (Å²) < 4.78 is 11.3. The second-order valence-electron chi connectivity index (χ2n) is 8.57. The Morgan fingerprint density at radius 2 is 1.96 bits per heavy atom. The lowest BCUT2D eigenvalue weighted by Gasteiger charge is -2.37. The van der Waals surface area contributed by atoms with Gasteiger partial charge in [0.05, 0.1) is 6.61 Å². The average Bonchev–Trinajstić information content (AvgIpc) is 2.99. The van der Waals surface area contributed by atoms with E-state index in [2.05, 4.69) is 26.0 Å². The molecular formula is C21H28O2. The second-order valence-corrected chi connectivity index (χ2v) is 8.57. The minimum atomic E-state index is 0.330. The van der Waals surface area contributed by atoms with E-state index in [0.717, 1.165) is 30.1 Å². The molecule has 5 unspecified atom stereocenters. The largest absolute Gasteiger partial charge is 0.490 e. The van der Waals surface area contributed by atoms with Gasteiger partial charge in [-0.05, 0) is 85.8 Å². The van der Waals surface area contributed by atoms with Crippen LogP contribution in [0.2, 0.25) is 0 Å². The van der Waals surface area contributed by atoms with E-state index in [4.69, 9.17) is 9.47 Å². The van der Waals surface area contributed by atoms with Crippen LogP contribution in [0.3, 0.4) is 0 Å². The maximum absolute atomic E-state index is 6.05. The Morgan fingerprint density at radius 3 is 2.70 bits per heavy atom. The van der Waals surface area contributed by atoms with E-state index in [1.165, 1.54) is 49.7 Å². The highest BCUT2D eigenvalue weighted by atomic mass is 16.6. The SMILES string of the molecule is Cc1cc(C23CCC(C2)C2CCCC23)cc(C)c1OCC1CO1. The van der Waals surface area contributed by atoms with Crippen LogP contribution >= 0.6 is 0 Å². The van der Waals surface area contributed by atoms with E-state index in [1.807, 2.05) is 0 Å². The molecule has 1 heterocycles. The molecule has 3 saturated carbocycles. The van der Waals surface area contributed by atoms with Gasteiger partial charge in [-0.3, -0.25) is 0 Å². The zero-order valence-electron chi connectivity index (χ0n) is 14.4. The van der Waals surface area contributed by atoms with E-state index in [-0.39, 0.29) is 0 Å². The first-order valence-electron chi connectivity index (χ1n) is 9.53. The number of hydrogen-bond donors (Lipinski definition) is 0. The fourth-order valence-electron chi connectivity index (χ4n) is 6.34. The first-order chi connectivity index (χ1) is 11.2. The van der Waals surface area contributed by atoms with Crippen LogP contribution in [0.5, 0.6) is 5.75 Å². The summed E-state index contributed by atoms with van der Waals surface area (Å²) in [6.07, 6.45) is 9.11. The van der Waals surface area contributed by atoms with Crippen LogP contribution in [0.15, 0.2) is 12.1 Å². The predicted octanol–water partition coefficient (Wildman–Crippen LogP) is 4.55. The third-order valence-corrected chi connectivity index (χ3v) is 7.32. The second kappa shape index (κ2) is 4.99. The first kappa shape index (κ1) is 14.3. The van der Waals surface area contributed by atoms with Gasteiger partial charge in [0.1, 0.15) is 18.5 Å². The molecule has 1 aliphatic heterocycles. The fraction of sp³-hybridized carbons (Fsp3) is 0.714. The first-order valence-corrected chi connectivity index (χ1v) is 9.53. The number of fused-ring (bicyclic) bond motifs is 5. The van der Waals surface area contributed by atoms with Gasteiger partial charge in [-0.1, -0.05) is 18.6 Å². The molecule has 2 bridgehead atoms. The number of epoxide rings is 1. The third-order valence-electron chi connectivity index (χ3n) is 7.32. The number of ether oxygens (including phenoxy) is 2. The summed E-state index contributed by atoms with van der Waals surface area (Å²) in [7, 11) is 0. The molecule has 5 atom stereocenters. The van der Waals surface area contributed by atoms with Gasteiger partial charge < -0.3 is 9.47 Å². The summed E-state index contributed by atoms with van der Waals surface area (Å²) in [5, 5.41) is 0. The molecule has 0 N–H and O–H groups in total. The van der Waals surface area contributed by atoms with Crippen LogP contribution in [0, 0.1) is 31.6 Å². The Hall–Kier alpha value is -1.02. The topological polar surface area (TPSA) is 21.8 Å². The summed E-state index contributed by atoms with van der Waals surface area (Å²) in [5.74, 6) is 4.11. The van der Waals surface area contributed by atoms with Crippen molar-refractivity contribution in [3.8, 4) is 5.75 Å². The van der Waals surface area contributed by atoms with Crippen molar-refractivity contribution in [2.45, 2.75) is 63.9 Å². The predicted molar refractivity (Wildman–Crippen MR) is 91.0 cm³/mol. The monoisotopic (exact) mass is 312 g/mol. The van der Waals surface area contributed by atoms with Crippen LogP contribution in [0.25, 0.3) is 0 Å². The standard InChI is InChI=1S/C21H28O2/c1-13-8-16(9-14(2)20(13)23-12-17-11-22-17)21-7-6-15(10-21)18-4-3-5-19(18)21/h8-9,15,17-19H,3-7,10-12H2,1-2H3. The summed E-state index contributed by atoms with van der Waals surface area (Å²) in [4.78, 5) is 0. The van der Waals surface area contributed by atoms with Crippen molar-refractivity contribution in [2.75, 3.05) is 13.2 Å². The molecule has 4 aliphatic rings. The van der Waals surface area contributed by atoms with E-state index >= 15 is 0 Å². The maximum Gasteiger partial charge on any atom is 0.125 e. The van der Waals surface area contributed by atoms with Crippen LogP contribution < -0.4 is 4.74 Å². The average molecular weight is 312 g/mol.